The molecule has 1 atom stereocenters. The summed E-state index contributed by atoms with van der Waals surface area (Å²) >= 11 is 5.93. The molecule has 1 aromatic rings. The number of carbonyl (C=O) groups excluding carboxylic acids is 1. The predicted molar refractivity (Wildman–Crippen MR) is 108 cm³/mol. The van der Waals surface area contributed by atoms with Gasteiger partial charge in [-0.2, -0.15) is 0 Å². The highest BCUT2D eigenvalue weighted by Crippen LogP contribution is 2.40. The number of carbonyl (C=O) groups is 1. The zero-order valence-corrected chi connectivity index (χ0v) is 16.8. The van der Waals surface area contributed by atoms with Gasteiger partial charge in [-0.1, -0.05) is 51.7 Å². The van der Waals surface area contributed by atoms with E-state index in [9.17, 15) is 9.90 Å². The van der Waals surface area contributed by atoms with E-state index in [2.05, 4.69) is 0 Å². The summed E-state index contributed by atoms with van der Waals surface area (Å²) in [7, 11) is 3.99. The van der Waals surface area contributed by atoms with Gasteiger partial charge in [0.2, 0.25) is 5.91 Å². The molecule has 2 aliphatic rings. The number of amides is 1. The van der Waals surface area contributed by atoms with Crippen LogP contribution in [-0.4, -0.2) is 40.0 Å². The molecular weight excluding hydrogens is 374 g/mol. The number of unbranched alkanes of at least 4 members (excludes halogenated alkanes) is 1. The van der Waals surface area contributed by atoms with Gasteiger partial charge in [0.15, 0.2) is 0 Å². The van der Waals surface area contributed by atoms with Crippen LogP contribution in [-0.2, 0) is 10.4 Å². The van der Waals surface area contributed by atoms with Crippen LogP contribution in [0.25, 0.3) is 0 Å². The lowest BCUT2D eigenvalue weighted by molar-refractivity contribution is -0.135. The molecule has 0 spiro atoms. The number of hydrogen-bond donors (Lipinski definition) is 1. The fourth-order valence-corrected chi connectivity index (χ4v) is 6.70. The molecule has 3 rings (SSSR count). The van der Waals surface area contributed by atoms with Crippen LogP contribution in [0.15, 0.2) is 24.3 Å². The first-order chi connectivity index (χ1) is 12.1. The molecule has 0 bridgehead atoms. The van der Waals surface area contributed by atoms with E-state index in [0.29, 0.717) is 37.4 Å². The standard InChI is InChI=1S/C19H26ClNO2S2/c20-16-7-5-15(6-8-16)19(23)10-12-21(13-11-19)18(22)4-2-1-3-17-9-14-24-25-17/h5-8,17,23H,1-4,9-14H2/t17-/m0/s1. The Labute approximate surface area is 163 Å². The number of likely N-dealkylation sites (tertiary alicyclic amines) is 1. The number of hydrogen-bond acceptors (Lipinski definition) is 4. The van der Waals surface area contributed by atoms with Crippen molar-refractivity contribution in [1.29, 1.82) is 0 Å². The molecule has 0 aromatic heterocycles. The Balaban J connectivity index is 1.40. The molecule has 1 N–H and O–H groups in total. The first-order valence-electron chi connectivity index (χ1n) is 9.11. The van der Waals surface area contributed by atoms with Crippen molar-refractivity contribution in [2.45, 2.75) is 55.8 Å². The predicted octanol–water partition coefficient (Wildman–Crippen LogP) is 4.86. The van der Waals surface area contributed by atoms with Gasteiger partial charge in [-0.25, -0.2) is 0 Å². The molecule has 0 saturated carbocycles. The Kier molecular flexibility index (Phi) is 7.01. The quantitative estimate of drug-likeness (QED) is 0.547. The van der Waals surface area contributed by atoms with Crippen molar-refractivity contribution in [3.05, 3.63) is 34.9 Å². The molecule has 0 radical (unpaired) electrons. The van der Waals surface area contributed by atoms with Crippen LogP contribution in [0, 0.1) is 0 Å². The van der Waals surface area contributed by atoms with E-state index in [1.165, 1.54) is 18.6 Å². The first-order valence-corrected chi connectivity index (χ1v) is 11.9. The second-order valence-electron chi connectivity index (χ2n) is 6.99. The van der Waals surface area contributed by atoms with Crippen LogP contribution in [0.5, 0.6) is 0 Å². The number of halogens is 1. The molecule has 2 heterocycles. The van der Waals surface area contributed by atoms with Gasteiger partial charge in [0.25, 0.3) is 0 Å². The van der Waals surface area contributed by atoms with E-state index in [1.807, 2.05) is 50.8 Å². The number of piperidine rings is 1. The normalized spacial score (nSPS) is 23.0. The molecule has 1 aromatic carbocycles. The summed E-state index contributed by atoms with van der Waals surface area (Å²) in [5.41, 5.74) is 0.0644. The summed E-state index contributed by atoms with van der Waals surface area (Å²) in [6.45, 7) is 1.26. The van der Waals surface area contributed by atoms with E-state index < -0.39 is 5.60 Å². The third-order valence-corrected chi connectivity index (χ3v) is 8.48. The van der Waals surface area contributed by atoms with E-state index in [4.69, 9.17) is 11.6 Å². The minimum absolute atomic E-state index is 0.242. The van der Waals surface area contributed by atoms with E-state index >= 15 is 0 Å². The third-order valence-electron chi connectivity index (χ3n) is 5.22. The molecule has 25 heavy (non-hydrogen) atoms. The lowest BCUT2D eigenvalue weighted by atomic mass is 9.84. The summed E-state index contributed by atoms with van der Waals surface area (Å²) in [5, 5.41) is 12.4. The molecule has 138 valence electrons. The molecule has 1 amide bonds. The summed E-state index contributed by atoms with van der Waals surface area (Å²) in [6, 6.07) is 7.40. The zero-order valence-electron chi connectivity index (χ0n) is 14.5. The van der Waals surface area contributed by atoms with E-state index in [0.717, 1.165) is 23.7 Å². The average Bonchev–Trinajstić information content (AvgIpc) is 3.13. The van der Waals surface area contributed by atoms with Crippen molar-refractivity contribution in [2.75, 3.05) is 18.8 Å². The Morgan fingerprint density at radius 2 is 1.96 bits per heavy atom. The molecule has 2 fully saturated rings. The molecule has 0 unspecified atom stereocenters. The van der Waals surface area contributed by atoms with Gasteiger partial charge in [-0.15, -0.1) is 0 Å². The van der Waals surface area contributed by atoms with Crippen LogP contribution in [0.4, 0.5) is 0 Å². The van der Waals surface area contributed by atoms with Crippen molar-refractivity contribution in [1.82, 2.24) is 4.90 Å². The van der Waals surface area contributed by atoms with Gasteiger partial charge >= 0.3 is 0 Å². The summed E-state index contributed by atoms with van der Waals surface area (Å²) in [4.78, 5) is 14.3. The summed E-state index contributed by atoms with van der Waals surface area (Å²) < 4.78 is 0. The summed E-state index contributed by atoms with van der Waals surface area (Å²) in [5.74, 6) is 1.52. The van der Waals surface area contributed by atoms with Crippen molar-refractivity contribution in [3.63, 3.8) is 0 Å². The second kappa shape index (κ2) is 9.03. The lowest BCUT2D eigenvalue weighted by Crippen LogP contribution is -2.45. The number of aliphatic hydroxyl groups is 1. The van der Waals surface area contributed by atoms with Crippen molar-refractivity contribution in [2.24, 2.45) is 0 Å². The SMILES string of the molecule is O=C(CCCC[C@H]1CCSS1)N1CCC(O)(c2ccc(Cl)cc2)CC1. The maximum Gasteiger partial charge on any atom is 0.222 e. The van der Waals surface area contributed by atoms with Gasteiger partial charge in [-0.05, 0) is 49.8 Å². The fourth-order valence-electron chi connectivity index (χ4n) is 3.55. The highest BCUT2D eigenvalue weighted by atomic mass is 35.5. The Morgan fingerprint density at radius 3 is 2.60 bits per heavy atom. The minimum Gasteiger partial charge on any atom is -0.385 e. The largest absolute Gasteiger partial charge is 0.385 e. The topological polar surface area (TPSA) is 40.5 Å². The maximum atomic E-state index is 12.4. The fraction of sp³-hybridized carbons (Fsp3) is 0.632. The molecule has 3 nitrogen and oxygen atoms in total. The highest BCUT2D eigenvalue weighted by molar-refractivity contribution is 8.77. The van der Waals surface area contributed by atoms with Gasteiger partial charge in [0.05, 0.1) is 5.60 Å². The smallest absolute Gasteiger partial charge is 0.222 e. The first kappa shape index (κ1) is 19.4. The number of rotatable bonds is 6. The van der Waals surface area contributed by atoms with E-state index in [1.54, 1.807) is 0 Å². The molecular formula is C19H26ClNO2S2. The summed E-state index contributed by atoms with van der Waals surface area (Å²) in [6.07, 6.45) is 6.52. The van der Waals surface area contributed by atoms with Crippen molar-refractivity contribution < 1.29 is 9.90 Å². The van der Waals surface area contributed by atoms with Crippen LogP contribution < -0.4 is 0 Å². The Bertz CT molecular complexity index is 567. The maximum absolute atomic E-state index is 12.4. The molecule has 2 saturated heterocycles. The zero-order chi connectivity index (χ0) is 17.7. The Hall–Kier alpha value is -0.360. The van der Waals surface area contributed by atoms with Crippen LogP contribution in [0.3, 0.4) is 0 Å². The average molecular weight is 400 g/mol. The molecule has 0 aliphatic carbocycles. The van der Waals surface area contributed by atoms with Crippen LogP contribution >= 0.6 is 33.2 Å². The van der Waals surface area contributed by atoms with E-state index in [-0.39, 0.29) is 5.91 Å². The minimum atomic E-state index is -0.835. The third kappa shape index (κ3) is 5.31. The van der Waals surface area contributed by atoms with Gasteiger partial charge in [-0.3, -0.25) is 4.79 Å². The number of nitrogens with zero attached hydrogens (tertiary/aromatic N) is 1. The monoisotopic (exact) mass is 399 g/mol. The van der Waals surface area contributed by atoms with Crippen molar-refractivity contribution in [3.8, 4) is 0 Å². The van der Waals surface area contributed by atoms with Crippen molar-refractivity contribution >= 4 is 39.1 Å². The van der Waals surface area contributed by atoms with Gasteiger partial charge < -0.3 is 10.0 Å². The van der Waals surface area contributed by atoms with Crippen LogP contribution in [0.1, 0.15) is 50.5 Å². The van der Waals surface area contributed by atoms with Gasteiger partial charge in [0, 0.05) is 35.5 Å². The Morgan fingerprint density at radius 1 is 1.24 bits per heavy atom. The van der Waals surface area contributed by atoms with Gasteiger partial charge in [0.1, 0.15) is 0 Å². The number of benzene rings is 1. The molecule has 6 heteroatoms. The lowest BCUT2D eigenvalue weighted by Gasteiger charge is -2.38. The van der Waals surface area contributed by atoms with Crippen LogP contribution in [0.2, 0.25) is 5.02 Å². The molecule has 2 aliphatic heterocycles. The second-order valence-corrected chi connectivity index (χ2v) is 10.2. The highest BCUT2D eigenvalue weighted by Gasteiger charge is 2.35.